The van der Waals surface area contributed by atoms with E-state index in [0.29, 0.717) is 0 Å². The highest BCUT2D eigenvalue weighted by molar-refractivity contribution is 4.66. The number of unbranched alkanes of at least 4 members (excludes halogenated alkanes) is 3. The maximum absolute atomic E-state index is 2.33. The molecule has 0 radical (unpaired) electrons. The molecule has 1 fully saturated rings. The van der Waals surface area contributed by atoms with E-state index in [1.165, 1.54) is 64.2 Å². The average Bonchev–Trinajstić information content (AvgIpc) is 2.63. The Balaban J connectivity index is 1.79. The van der Waals surface area contributed by atoms with E-state index in [2.05, 4.69) is 13.8 Å². The highest BCUT2D eigenvalue weighted by Crippen LogP contribution is 2.29. The van der Waals surface area contributed by atoms with Gasteiger partial charge in [-0.15, -0.1) is 0 Å². The van der Waals surface area contributed by atoms with Crippen molar-refractivity contribution in [3.63, 3.8) is 0 Å². The molecule has 14 heavy (non-hydrogen) atoms. The van der Waals surface area contributed by atoms with Gasteiger partial charge in [0.15, 0.2) is 0 Å². The molecule has 1 rings (SSSR count). The third-order valence-corrected chi connectivity index (χ3v) is 3.62. The topological polar surface area (TPSA) is 0 Å². The first-order valence-corrected chi connectivity index (χ1v) is 6.79. The third kappa shape index (κ3) is 5.67. The van der Waals surface area contributed by atoms with E-state index < -0.39 is 0 Å². The minimum absolute atomic E-state index is 0.907. The van der Waals surface area contributed by atoms with Crippen molar-refractivity contribution in [2.75, 3.05) is 0 Å². The molecule has 1 aliphatic rings. The summed E-state index contributed by atoms with van der Waals surface area (Å²) in [5.41, 5.74) is 0. The molecule has 0 aliphatic heterocycles. The predicted octanol–water partition coefficient (Wildman–Crippen LogP) is 5.17. The minimum Gasteiger partial charge on any atom is -0.0628 e. The normalized spacial score (nSPS) is 18.2. The maximum Gasteiger partial charge on any atom is -0.0414 e. The quantitative estimate of drug-likeness (QED) is 0.493. The zero-order valence-electron chi connectivity index (χ0n) is 10.2. The molecule has 0 amide bonds. The third-order valence-electron chi connectivity index (χ3n) is 3.62. The van der Waals surface area contributed by atoms with Crippen molar-refractivity contribution in [3.8, 4) is 0 Å². The van der Waals surface area contributed by atoms with Crippen molar-refractivity contribution in [1.29, 1.82) is 0 Å². The van der Waals surface area contributed by atoms with Crippen molar-refractivity contribution >= 4 is 0 Å². The summed E-state index contributed by atoms with van der Waals surface area (Å²) in [6.45, 7) is 4.66. The molecule has 0 N–H and O–H groups in total. The summed E-state index contributed by atoms with van der Waals surface area (Å²) in [6, 6.07) is 0. The van der Waals surface area contributed by atoms with Crippen LogP contribution in [0.1, 0.15) is 78.1 Å². The first-order chi connectivity index (χ1) is 6.79. The van der Waals surface area contributed by atoms with Crippen molar-refractivity contribution < 1.29 is 0 Å². The average molecular weight is 196 g/mol. The van der Waals surface area contributed by atoms with Gasteiger partial charge >= 0.3 is 0 Å². The number of rotatable bonds is 7. The van der Waals surface area contributed by atoms with Gasteiger partial charge in [0.1, 0.15) is 0 Å². The largest absolute Gasteiger partial charge is 0.0628 e. The van der Waals surface area contributed by atoms with E-state index in [1.54, 1.807) is 0 Å². The van der Waals surface area contributed by atoms with Crippen LogP contribution in [0.3, 0.4) is 0 Å². The molecule has 0 unspecified atom stereocenters. The highest BCUT2D eigenvalue weighted by atomic mass is 14.2. The van der Waals surface area contributed by atoms with Gasteiger partial charge in [-0.3, -0.25) is 0 Å². The molecule has 0 atom stereocenters. The Bertz CT molecular complexity index is 120. The minimum atomic E-state index is 0.907. The van der Waals surface area contributed by atoms with Gasteiger partial charge in [-0.25, -0.2) is 0 Å². The van der Waals surface area contributed by atoms with Gasteiger partial charge in [-0.05, 0) is 11.8 Å². The summed E-state index contributed by atoms with van der Waals surface area (Å²) < 4.78 is 0. The van der Waals surface area contributed by atoms with Crippen LogP contribution in [0.5, 0.6) is 0 Å². The van der Waals surface area contributed by atoms with Crippen LogP contribution in [-0.4, -0.2) is 0 Å². The molecular formula is C14H28. The summed E-state index contributed by atoms with van der Waals surface area (Å²) >= 11 is 0. The van der Waals surface area contributed by atoms with Crippen molar-refractivity contribution in [2.24, 2.45) is 11.8 Å². The molecule has 84 valence electrons. The Morgan fingerprint density at radius 1 is 0.929 bits per heavy atom. The van der Waals surface area contributed by atoms with E-state index in [1.807, 2.05) is 0 Å². The fourth-order valence-corrected chi connectivity index (χ4v) is 2.64. The van der Waals surface area contributed by atoms with Gasteiger partial charge < -0.3 is 0 Å². The van der Waals surface area contributed by atoms with Gasteiger partial charge in [0.05, 0.1) is 0 Å². The van der Waals surface area contributed by atoms with Crippen LogP contribution < -0.4 is 0 Å². The molecule has 0 bridgehead atoms. The molecule has 0 aromatic carbocycles. The summed E-state index contributed by atoms with van der Waals surface area (Å²) in [4.78, 5) is 0. The lowest BCUT2D eigenvalue weighted by Gasteiger charge is -2.08. The van der Waals surface area contributed by atoms with E-state index in [4.69, 9.17) is 0 Å². The first-order valence-electron chi connectivity index (χ1n) is 6.79. The summed E-state index contributed by atoms with van der Waals surface area (Å²) in [6.07, 6.45) is 15.0. The zero-order chi connectivity index (χ0) is 10.2. The molecular weight excluding hydrogens is 168 g/mol. The molecule has 0 heteroatoms. The Kier molecular flexibility index (Phi) is 6.31. The fourth-order valence-electron chi connectivity index (χ4n) is 2.64. The Labute approximate surface area is 90.5 Å². The Morgan fingerprint density at radius 2 is 1.57 bits per heavy atom. The van der Waals surface area contributed by atoms with Gasteiger partial charge in [-0.2, -0.15) is 0 Å². The molecule has 0 aromatic rings. The van der Waals surface area contributed by atoms with E-state index >= 15 is 0 Å². The second-order valence-electron chi connectivity index (χ2n) is 5.54. The SMILES string of the molecule is CC(C)CCCCCCC1CCCC1. The number of hydrogen-bond donors (Lipinski definition) is 0. The second kappa shape index (κ2) is 7.31. The van der Waals surface area contributed by atoms with Crippen molar-refractivity contribution in [1.82, 2.24) is 0 Å². The molecule has 0 aromatic heterocycles. The van der Waals surface area contributed by atoms with Crippen LogP contribution in [0.4, 0.5) is 0 Å². The summed E-state index contributed by atoms with van der Waals surface area (Å²) in [5, 5.41) is 0. The molecule has 1 aliphatic carbocycles. The van der Waals surface area contributed by atoms with E-state index in [-0.39, 0.29) is 0 Å². The lowest BCUT2D eigenvalue weighted by Crippen LogP contribution is -1.93. The molecule has 0 heterocycles. The van der Waals surface area contributed by atoms with Crippen LogP contribution >= 0.6 is 0 Å². The fraction of sp³-hybridized carbons (Fsp3) is 1.00. The van der Waals surface area contributed by atoms with Crippen LogP contribution in [0.25, 0.3) is 0 Å². The van der Waals surface area contributed by atoms with Gasteiger partial charge in [-0.1, -0.05) is 78.1 Å². The van der Waals surface area contributed by atoms with Crippen LogP contribution in [0.2, 0.25) is 0 Å². The highest BCUT2D eigenvalue weighted by Gasteiger charge is 2.13. The van der Waals surface area contributed by atoms with Crippen LogP contribution in [0, 0.1) is 11.8 Å². The summed E-state index contributed by atoms with van der Waals surface area (Å²) in [5.74, 6) is 2.02. The molecule has 0 saturated heterocycles. The zero-order valence-corrected chi connectivity index (χ0v) is 10.2. The van der Waals surface area contributed by atoms with Crippen LogP contribution in [0.15, 0.2) is 0 Å². The van der Waals surface area contributed by atoms with Gasteiger partial charge in [0, 0.05) is 0 Å². The predicted molar refractivity (Wildman–Crippen MR) is 64.5 cm³/mol. The van der Waals surface area contributed by atoms with Crippen LogP contribution in [-0.2, 0) is 0 Å². The first kappa shape index (κ1) is 12.1. The maximum atomic E-state index is 2.33. The Hall–Kier alpha value is 0. The lowest BCUT2D eigenvalue weighted by molar-refractivity contribution is 0.453. The van der Waals surface area contributed by atoms with Gasteiger partial charge in [0.25, 0.3) is 0 Å². The summed E-state index contributed by atoms with van der Waals surface area (Å²) in [7, 11) is 0. The standard InChI is InChI=1S/C14H28/c1-13(2)9-5-3-4-6-10-14-11-7-8-12-14/h13-14H,3-12H2,1-2H3. The smallest absolute Gasteiger partial charge is 0.0414 e. The van der Waals surface area contributed by atoms with Crippen molar-refractivity contribution in [3.05, 3.63) is 0 Å². The number of hydrogen-bond acceptors (Lipinski definition) is 0. The van der Waals surface area contributed by atoms with E-state index in [9.17, 15) is 0 Å². The van der Waals surface area contributed by atoms with Gasteiger partial charge in [0.2, 0.25) is 0 Å². The second-order valence-corrected chi connectivity index (χ2v) is 5.54. The molecule has 0 spiro atoms. The molecule has 0 nitrogen and oxygen atoms in total. The van der Waals surface area contributed by atoms with E-state index in [0.717, 1.165) is 11.8 Å². The van der Waals surface area contributed by atoms with Crippen molar-refractivity contribution in [2.45, 2.75) is 78.1 Å². The monoisotopic (exact) mass is 196 g/mol. The lowest BCUT2D eigenvalue weighted by atomic mass is 9.98. The Morgan fingerprint density at radius 3 is 2.21 bits per heavy atom. The molecule has 1 saturated carbocycles.